The van der Waals surface area contributed by atoms with E-state index in [-0.39, 0.29) is 0 Å². The van der Waals surface area contributed by atoms with Crippen LogP contribution < -0.4 is 9.47 Å². The molecule has 0 saturated heterocycles. The number of nitrogens with one attached hydrogen (secondary N) is 1. The van der Waals surface area contributed by atoms with Crippen molar-refractivity contribution in [2.24, 2.45) is 0 Å². The Morgan fingerprint density at radius 3 is 2.42 bits per heavy atom. The Morgan fingerprint density at radius 2 is 1.95 bits per heavy atom. The first-order chi connectivity index (χ1) is 9.12. The summed E-state index contributed by atoms with van der Waals surface area (Å²) in [7, 11) is 3.13. The van der Waals surface area contributed by atoms with E-state index in [4.69, 9.17) is 14.7 Å². The summed E-state index contributed by atoms with van der Waals surface area (Å²) in [5.74, 6) is 1.14. The molecule has 0 unspecified atom stereocenters. The van der Waals surface area contributed by atoms with Crippen molar-refractivity contribution in [3.63, 3.8) is 0 Å². The molecule has 19 heavy (non-hydrogen) atoms. The number of nitrogens with zero attached hydrogens (tertiary/aromatic N) is 2. The van der Waals surface area contributed by atoms with Crippen molar-refractivity contribution >= 4 is 0 Å². The second-order valence-corrected chi connectivity index (χ2v) is 4.18. The molecular formula is C14H15N3O2. The van der Waals surface area contributed by atoms with Gasteiger partial charge in [-0.3, -0.25) is 5.10 Å². The third-order valence-electron chi connectivity index (χ3n) is 3.01. The number of H-pyrrole nitrogens is 1. The first kappa shape index (κ1) is 13.0. The minimum absolute atomic E-state index is 0.521. The number of benzene rings is 1. The Bertz CT molecular complexity index is 634. The number of aromatic amines is 1. The third kappa shape index (κ3) is 2.13. The summed E-state index contributed by atoms with van der Waals surface area (Å²) in [4.78, 5) is 0. The van der Waals surface area contributed by atoms with E-state index in [1.807, 2.05) is 13.8 Å². The Balaban J connectivity index is 2.78. The zero-order valence-electron chi connectivity index (χ0n) is 11.4. The standard InChI is InChI=1S/C14H15N3O2/c1-8-13(9(2)17-16-8)11-5-10(7-15)6-12(18-3)14(11)19-4/h5-6H,1-4H3,(H,16,17). The van der Waals surface area contributed by atoms with Crippen LogP contribution in [-0.4, -0.2) is 24.4 Å². The number of hydrogen-bond donors (Lipinski definition) is 1. The lowest BCUT2D eigenvalue weighted by atomic mass is 10.00. The second-order valence-electron chi connectivity index (χ2n) is 4.18. The normalized spacial score (nSPS) is 10.1. The highest BCUT2D eigenvalue weighted by atomic mass is 16.5. The van der Waals surface area contributed by atoms with Crippen LogP contribution in [0.5, 0.6) is 11.5 Å². The molecule has 0 aliphatic heterocycles. The lowest BCUT2D eigenvalue weighted by molar-refractivity contribution is 0.356. The van der Waals surface area contributed by atoms with Crippen molar-refractivity contribution in [3.8, 4) is 28.7 Å². The van der Waals surface area contributed by atoms with Gasteiger partial charge in [0.05, 0.1) is 31.5 Å². The maximum atomic E-state index is 9.11. The smallest absolute Gasteiger partial charge is 0.168 e. The van der Waals surface area contributed by atoms with E-state index in [1.54, 1.807) is 26.4 Å². The molecular weight excluding hydrogens is 242 g/mol. The highest BCUT2D eigenvalue weighted by molar-refractivity contribution is 5.78. The summed E-state index contributed by atoms with van der Waals surface area (Å²) in [6.07, 6.45) is 0. The maximum absolute atomic E-state index is 9.11. The van der Waals surface area contributed by atoms with E-state index >= 15 is 0 Å². The van der Waals surface area contributed by atoms with Gasteiger partial charge in [-0.1, -0.05) is 0 Å². The van der Waals surface area contributed by atoms with Crippen molar-refractivity contribution in [1.29, 1.82) is 5.26 Å². The number of hydrogen-bond acceptors (Lipinski definition) is 4. The van der Waals surface area contributed by atoms with Gasteiger partial charge >= 0.3 is 0 Å². The fourth-order valence-corrected chi connectivity index (χ4v) is 2.16. The van der Waals surface area contributed by atoms with Gasteiger partial charge in [-0.25, -0.2) is 0 Å². The SMILES string of the molecule is COc1cc(C#N)cc(-c2c(C)n[nH]c2C)c1OC. The van der Waals surface area contributed by atoms with Crippen LogP contribution in [0.25, 0.3) is 11.1 Å². The number of methoxy groups -OCH3 is 2. The van der Waals surface area contributed by atoms with Crippen molar-refractivity contribution in [2.75, 3.05) is 14.2 Å². The average molecular weight is 257 g/mol. The number of aromatic nitrogens is 2. The monoisotopic (exact) mass is 257 g/mol. The van der Waals surface area contributed by atoms with Crippen LogP contribution in [-0.2, 0) is 0 Å². The summed E-state index contributed by atoms with van der Waals surface area (Å²) >= 11 is 0. The zero-order chi connectivity index (χ0) is 14.0. The number of ether oxygens (including phenoxy) is 2. The van der Waals surface area contributed by atoms with Crippen LogP contribution in [0, 0.1) is 25.2 Å². The van der Waals surface area contributed by atoms with Gasteiger partial charge < -0.3 is 9.47 Å². The van der Waals surface area contributed by atoms with Crippen LogP contribution in [0.2, 0.25) is 0 Å². The first-order valence-corrected chi connectivity index (χ1v) is 5.80. The van der Waals surface area contributed by atoms with Gasteiger partial charge in [-0.05, 0) is 19.9 Å². The molecule has 1 N–H and O–H groups in total. The van der Waals surface area contributed by atoms with Crippen molar-refractivity contribution in [1.82, 2.24) is 10.2 Å². The molecule has 0 amide bonds. The summed E-state index contributed by atoms with van der Waals surface area (Å²) in [6, 6.07) is 5.57. The van der Waals surface area contributed by atoms with Gasteiger partial charge in [0.25, 0.3) is 0 Å². The van der Waals surface area contributed by atoms with Crippen LogP contribution >= 0.6 is 0 Å². The molecule has 0 radical (unpaired) electrons. The van der Waals surface area contributed by atoms with Crippen molar-refractivity contribution < 1.29 is 9.47 Å². The van der Waals surface area contributed by atoms with E-state index < -0.39 is 0 Å². The second kappa shape index (κ2) is 5.02. The van der Waals surface area contributed by atoms with Crippen molar-refractivity contribution in [3.05, 3.63) is 29.1 Å². The fourth-order valence-electron chi connectivity index (χ4n) is 2.16. The molecule has 98 valence electrons. The first-order valence-electron chi connectivity index (χ1n) is 5.80. The topological polar surface area (TPSA) is 70.9 Å². The lowest BCUT2D eigenvalue weighted by Crippen LogP contribution is -1.96. The highest BCUT2D eigenvalue weighted by Crippen LogP contribution is 2.41. The molecule has 0 bridgehead atoms. The summed E-state index contributed by atoms with van der Waals surface area (Å²) in [6.45, 7) is 3.84. The molecule has 1 aromatic carbocycles. The predicted molar refractivity (Wildman–Crippen MR) is 71.3 cm³/mol. The molecule has 0 aliphatic rings. The van der Waals surface area contributed by atoms with Gasteiger partial charge in [0.2, 0.25) is 0 Å². The summed E-state index contributed by atoms with van der Waals surface area (Å²) in [5, 5.41) is 16.2. The highest BCUT2D eigenvalue weighted by Gasteiger charge is 2.18. The summed E-state index contributed by atoms with van der Waals surface area (Å²) in [5.41, 5.74) is 4.04. The maximum Gasteiger partial charge on any atom is 0.168 e. The van der Waals surface area contributed by atoms with Gasteiger partial charge in [-0.2, -0.15) is 10.4 Å². The van der Waals surface area contributed by atoms with E-state index in [1.165, 1.54) is 0 Å². The van der Waals surface area contributed by atoms with Gasteiger partial charge in [0, 0.05) is 22.9 Å². The molecule has 0 aliphatic carbocycles. The van der Waals surface area contributed by atoms with E-state index in [0.29, 0.717) is 17.1 Å². The van der Waals surface area contributed by atoms with Gasteiger partial charge in [0.1, 0.15) is 0 Å². The summed E-state index contributed by atoms with van der Waals surface area (Å²) < 4.78 is 10.7. The molecule has 5 nitrogen and oxygen atoms in total. The number of rotatable bonds is 3. The largest absolute Gasteiger partial charge is 0.493 e. The van der Waals surface area contributed by atoms with E-state index in [0.717, 1.165) is 22.5 Å². The van der Waals surface area contributed by atoms with Crippen LogP contribution in [0.4, 0.5) is 0 Å². The van der Waals surface area contributed by atoms with Gasteiger partial charge in [-0.15, -0.1) is 0 Å². The number of nitriles is 1. The Morgan fingerprint density at radius 1 is 1.21 bits per heavy atom. The molecule has 0 fully saturated rings. The molecule has 1 heterocycles. The molecule has 2 rings (SSSR count). The Kier molecular flexibility index (Phi) is 3.43. The minimum Gasteiger partial charge on any atom is -0.493 e. The number of aryl methyl sites for hydroxylation is 2. The van der Waals surface area contributed by atoms with Crippen LogP contribution in [0.3, 0.4) is 0 Å². The van der Waals surface area contributed by atoms with Crippen LogP contribution in [0.1, 0.15) is 17.0 Å². The molecule has 0 spiro atoms. The Hall–Kier alpha value is -2.48. The van der Waals surface area contributed by atoms with Crippen LogP contribution in [0.15, 0.2) is 12.1 Å². The lowest BCUT2D eigenvalue weighted by Gasteiger charge is -2.13. The molecule has 0 saturated carbocycles. The molecule has 5 heteroatoms. The van der Waals surface area contributed by atoms with E-state index in [2.05, 4.69) is 16.3 Å². The van der Waals surface area contributed by atoms with Gasteiger partial charge in [0.15, 0.2) is 11.5 Å². The average Bonchev–Trinajstić information content (AvgIpc) is 2.76. The molecule has 0 atom stereocenters. The zero-order valence-corrected chi connectivity index (χ0v) is 11.4. The third-order valence-corrected chi connectivity index (χ3v) is 3.01. The molecule has 2 aromatic rings. The quantitative estimate of drug-likeness (QED) is 0.917. The fraction of sp³-hybridized carbons (Fsp3) is 0.286. The van der Waals surface area contributed by atoms with Crippen molar-refractivity contribution in [2.45, 2.75) is 13.8 Å². The minimum atomic E-state index is 0.521. The Labute approximate surface area is 111 Å². The van der Waals surface area contributed by atoms with E-state index in [9.17, 15) is 0 Å². The molecule has 1 aromatic heterocycles. The predicted octanol–water partition coefficient (Wildman–Crippen LogP) is 2.58.